The first-order valence-electron chi connectivity index (χ1n) is 5.57. The summed E-state index contributed by atoms with van der Waals surface area (Å²) < 4.78 is 0. The second-order valence-corrected chi connectivity index (χ2v) is 4.22. The van der Waals surface area contributed by atoms with Crippen LogP contribution in [0.15, 0.2) is 0 Å². The highest BCUT2D eigenvalue weighted by atomic mass is 16.2. The van der Waals surface area contributed by atoms with E-state index in [1.54, 1.807) is 0 Å². The van der Waals surface area contributed by atoms with Gasteiger partial charge in [0.25, 0.3) is 0 Å². The zero-order chi connectivity index (χ0) is 11.3. The molecule has 3 atom stereocenters. The summed E-state index contributed by atoms with van der Waals surface area (Å²) in [5.74, 6) is 0.553. The van der Waals surface area contributed by atoms with Crippen LogP contribution in [0.25, 0.3) is 0 Å². The van der Waals surface area contributed by atoms with Gasteiger partial charge in [-0.2, -0.15) is 5.26 Å². The van der Waals surface area contributed by atoms with Crippen molar-refractivity contribution in [3.8, 4) is 6.07 Å². The van der Waals surface area contributed by atoms with E-state index in [2.05, 4.69) is 23.6 Å². The highest BCUT2D eigenvalue weighted by Crippen LogP contribution is 2.16. The van der Waals surface area contributed by atoms with Crippen LogP contribution in [0.1, 0.15) is 26.7 Å². The molecule has 0 aromatic heterocycles. The summed E-state index contributed by atoms with van der Waals surface area (Å²) in [5.41, 5.74) is 0. The predicted molar refractivity (Wildman–Crippen MR) is 58.0 cm³/mol. The molecule has 1 saturated heterocycles. The van der Waals surface area contributed by atoms with E-state index >= 15 is 0 Å². The molecule has 2 N–H and O–H groups in total. The van der Waals surface area contributed by atoms with Crippen molar-refractivity contribution < 1.29 is 4.79 Å². The maximum atomic E-state index is 11.8. The zero-order valence-corrected chi connectivity index (χ0v) is 9.42. The van der Waals surface area contributed by atoms with E-state index in [1.807, 2.05) is 6.92 Å². The van der Waals surface area contributed by atoms with Crippen LogP contribution in [0.3, 0.4) is 0 Å². The number of nitriles is 1. The van der Waals surface area contributed by atoms with Gasteiger partial charge in [0, 0.05) is 12.6 Å². The van der Waals surface area contributed by atoms with E-state index in [0.29, 0.717) is 12.3 Å². The van der Waals surface area contributed by atoms with Crippen molar-refractivity contribution in [2.45, 2.75) is 32.7 Å². The Labute approximate surface area is 91.0 Å². The minimum absolute atomic E-state index is 0.00954. The van der Waals surface area contributed by atoms with Gasteiger partial charge in [-0.1, -0.05) is 13.8 Å². The monoisotopic (exact) mass is 209 g/mol. The van der Waals surface area contributed by atoms with E-state index in [0.717, 1.165) is 19.5 Å². The molecule has 0 aromatic carbocycles. The predicted octanol–water partition coefficient (Wildman–Crippen LogP) is 0.650. The van der Waals surface area contributed by atoms with Gasteiger partial charge >= 0.3 is 0 Å². The van der Waals surface area contributed by atoms with Crippen LogP contribution in [-0.2, 0) is 4.79 Å². The molecule has 1 rings (SSSR count). The molecule has 0 radical (unpaired) electrons. The summed E-state index contributed by atoms with van der Waals surface area (Å²) in [6.45, 7) is 5.73. The molecule has 4 nitrogen and oxygen atoms in total. The molecule has 84 valence electrons. The highest BCUT2D eigenvalue weighted by molar-refractivity contribution is 5.79. The lowest BCUT2D eigenvalue weighted by atomic mass is 9.96. The first-order chi connectivity index (χ1) is 7.19. The van der Waals surface area contributed by atoms with Gasteiger partial charge in [0.15, 0.2) is 0 Å². The largest absolute Gasteiger partial charge is 0.352 e. The van der Waals surface area contributed by atoms with Gasteiger partial charge in [-0.3, -0.25) is 4.79 Å². The smallest absolute Gasteiger partial charge is 0.224 e. The van der Waals surface area contributed by atoms with E-state index in [4.69, 9.17) is 5.26 Å². The van der Waals surface area contributed by atoms with E-state index in [-0.39, 0.29) is 17.9 Å². The van der Waals surface area contributed by atoms with Gasteiger partial charge in [0.05, 0.1) is 18.4 Å². The fraction of sp³-hybridized carbons (Fsp3) is 0.818. The Hall–Kier alpha value is -1.08. The molecule has 1 aliphatic rings. The molecule has 0 spiro atoms. The molecule has 0 bridgehead atoms. The molecular formula is C11H19N3O. The van der Waals surface area contributed by atoms with Gasteiger partial charge in [-0.25, -0.2) is 0 Å². The average molecular weight is 209 g/mol. The Kier molecular flexibility index (Phi) is 4.57. The van der Waals surface area contributed by atoms with Crippen molar-refractivity contribution in [3.63, 3.8) is 0 Å². The van der Waals surface area contributed by atoms with Gasteiger partial charge in [0.2, 0.25) is 5.91 Å². The highest BCUT2D eigenvalue weighted by Gasteiger charge is 2.30. The molecule has 1 heterocycles. The Morgan fingerprint density at radius 1 is 1.67 bits per heavy atom. The first kappa shape index (κ1) is 12.0. The number of carbonyl (C=O) groups is 1. The zero-order valence-electron chi connectivity index (χ0n) is 9.42. The van der Waals surface area contributed by atoms with Gasteiger partial charge in [-0.15, -0.1) is 0 Å². The van der Waals surface area contributed by atoms with Crippen LogP contribution >= 0.6 is 0 Å². The third kappa shape index (κ3) is 3.21. The van der Waals surface area contributed by atoms with Crippen molar-refractivity contribution >= 4 is 5.91 Å². The topological polar surface area (TPSA) is 64.9 Å². The van der Waals surface area contributed by atoms with Crippen molar-refractivity contribution in [1.29, 1.82) is 5.26 Å². The third-order valence-electron chi connectivity index (χ3n) is 3.03. The summed E-state index contributed by atoms with van der Waals surface area (Å²) in [6.07, 6.45) is 1.21. The Morgan fingerprint density at radius 3 is 2.87 bits per heavy atom. The van der Waals surface area contributed by atoms with Crippen molar-refractivity contribution in [1.82, 2.24) is 10.6 Å². The standard InChI is InChI=1S/C11H19N3O/c1-3-9(4-5-12)14-11(15)10-7-13-6-8(10)2/h8-10,13H,3-4,6-7H2,1-2H3,(H,14,15). The van der Waals surface area contributed by atoms with Crippen molar-refractivity contribution in [2.75, 3.05) is 13.1 Å². The maximum absolute atomic E-state index is 11.8. The van der Waals surface area contributed by atoms with Crippen LogP contribution in [0.4, 0.5) is 0 Å². The minimum Gasteiger partial charge on any atom is -0.352 e. The third-order valence-corrected chi connectivity index (χ3v) is 3.03. The number of rotatable bonds is 4. The minimum atomic E-state index is 0.00954. The lowest BCUT2D eigenvalue weighted by Gasteiger charge is -2.19. The first-order valence-corrected chi connectivity index (χ1v) is 5.57. The summed E-state index contributed by atoms with van der Waals surface area (Å²) >= 11 is 0. The number of nitrogens with one attached hydrogen (secondary N) is 2. The number of hydrogen-bond donors (Lipinski definition) is 2. The SMILES string of the molecule is CCC(CC#N)NC(=O)C1CNCC1C. The van der Waals surface area contributed by atoms with E-state index in [1.165, 1.54) is 0 Å². The van der Waals surface area contributed by atoms with Gasteiger partial charge < -0.3 is 10.6 Å². The molecule has 4 heteroatoms. The van der Waals surface area contributed by atoms with Gasteiger partial charge in [-0.05, 0) is 18.9 Å². The molecule has 1 fully saturated rings. The summed E-state index contributed by atoms with van der Waals surface area (Å²) in [7, 11) is 0. The van der Waals surface area contributed by atoms with Crippen LogP contribution in [0, 0.1) is 23.2 Å². The van der Waals surface area contributed by atoms with Crippen LogP contribution in [0.5, 0.6) is 0 Å². The Morgan fingerprint density at radius 2 is 2.40 bits per heavy atom. The summed E-state index contributed by atoms with van der Waals surface area (Å²) in [6, 6.07) is 2.11. The molecule has 1 amide bonds. The average Bonchev–Trinajstić information content (AvgIpc) is 2.63. The Bertz CT molecular complexity index is 259. The summed E-state index contributed by atoms with van der Waals surface area (Å²) in [5, 5.41) is 14.7. The molecule has 1 aliphatic heterocycles. The quantitative estimate of drug-likeness (QED) is 0.714. The fourth-order valence-electron chi connectivity index (χ4n) is 1.88. The second-order valence-electron chi connectivity index (χ2n) is 4.22. The lowest BCUT2D eigenvalue weighted by molar-refractivity contribution is -0.126. The molecule has 0 saturated carbocycles. The van der Waals surface area contributed by atoms with E-state index in [9.17, 15) is 4.79 Å². The van der Waals surface area contributed by atoms with Crippen LogP contribution in [0.2, 0.25) is 0 Å². The molecule has 0 aromatic rings. The number of hydrogen-bond acceptors (Lipinski definition) is 3. The van der Waals surface area contributed by atoms with Crippen molar-refractivity contribution in [2.24, 2.45) is 11.8 Å². The second kappa shape index (κ2) is 5.72. The van der Waals surface area contributed by atoms with Gasteiger partial charge in [0.1, 0.15) is 0 Å². The maximum Gasteiger partial charge on any atom is 0.224 e. The Balaban J connectivity index is 2.43. The van der Waals surface area contributed by atoms with Crippen LogP contribution in [-0.4, -0.2) is 25.0 Å². The van der Waals surface area contributed by atoms with Crippen LogP contribution < -0.4 is 10.6 Å². The van der Waals surface area contributed by atoms with Crippen molar-refractivity contribution in [3.05, 3.63) is 0 Å². The molecular weight excluding hydrogens is 190 g/mol. The lowest BCUT2D eigenvalue weighted by Crippen LogP contribution is -2.40. The number of carbonyl (C=O) groups excluding carboxylic acids is 1. The normalized spacial score (nSPS) is 27.0. The molecule has 15 heavy (non-hydrogen) atoms. The molecule has 3 unspecified atom stereocenters. The summed E-state index contributed by atoms with van der Waals surface area (Å²) in [4.78, 5) is 11.8. The number of amides is 1. The van der Waals surface area contributed by atoms with E-state index < -0.39 is 0 Å². The number of nitrogens with zero attached hydrogens (tertiary/aromatic N) is 1. The fourth-order valence-corrected chi connectivity index (χ4v) is 1.88. The molecule has 0 aliphatic carbocycles.